The SMILES string of the molecule is CCOC(=O)c1ccc(Cl)c2[nH]cc(CCCCC3CC(c4ccccc4)=CCN3)c12. The van der Waals surface area contributed by atoms with Crippen LogP contribution in [-0.2, 0) is 11.2 Å². The molecular formula is C26H29ClN2O2. The van der Waals surface area contributed by atoms with Crippen LogP contribution in [-0.4, -0.2) is 30.1 Å². The molecule has 4 nitrogen and oxygen atoms in total. The molecule has 2 heterocycles. The van der Waals surface area contributed by atoms with Crippen molar-refractivity contribution in [2.45, 2.75) is 45.1 Å². The molecule has 0 aliphatic carbocycles. The number of esters is 1. The van der Waals surface area contributed by atoms with Gasteiger partial charge in [0.25, 0.3) is 0 Å². The number of fused-ring (bicyclic) bond motifs is 1. The standard InChI is InChI=1S/C26H29ClN2O2/c1-2-31-26(30)22-12-13-23(27)25-24(22)20(17-29-25)10-6-7-11-21-16-19(14-15-28-21)18-8-4-3-5-9-18/h3-5,8-9,12-14,17,21,28-29H,2,6-7,10-11,15-16H2,1H3. The highest BCUT2D eigenvalue weighted by molar-refractivity contribution is 6.35. The summed E-state index contributed by atoms with van der Waals surface area (Å²) in [5.41, 5.74) is 5.30. The van der Waals surface area contributed by atoms with Gasteiger partial charge < -0.3 is 15.0 Å². The number of hydrogen-bond donors (Lipinski definition) is 2. The number of hydrogen-bond acceptors (Lipinski definition) is 3. The van der Waals surface area contributed by atoms with E-state index in [0.29, 0.717) is 23.2 Å². The van der Waals surface area contributed by atoms with Gasteiger partial charge >= 0.3 is 5.97 Å². The van der Waals surface area contributed by atoms with E-state index < -0.39 is 0 Å². The number of halogens is 1. The van der Waals surface area contributed by atoms with E-state index in [1.807, 2.05) is 13.1 Å². The Morgan fingerprint density at radius 2 is 2.00 bits per heavy atom. The molecule has 2 aromatic carbocycles. The number of aromatic nitrogens is 1. The molecule has 0 saturated heterocycles. The van der Waals surface area contributed by atoms with Crippen molar-refractivity contribution in [3.8, 4) is 0 Å². The molecule has 0 bridgehead atoms. The summed E-state index contributed by atoms with van der Waals surface area (Å²) in [6, 6.07) is 14.7. The normalized spacial score (nSPS) is 16.3. The van der Waals surface area contributed by atoms with E-state index in [0.717, 1.165) is 55.1 Å². The summed E-state index contributed by atoms with van der Waals surface area (Å²) in [6.07, 6.45) is 9.58. The van der Waals surface area contributed by atoms with Crippen molar-refractivity contribution < 1.29 is 9.53 Å². The molecule has 0 amide bonds. The molecule has 0 spiro atoms. The second-order valence-electron chi connectivity index (χ2n) is 8.03. The van der Waals surface area contributed by atoms with Crippen LogP contribution in [0.1, 0.15) is 54.1 Å². The summed E-state index contributed by atoms with van der Waals surface area (Å²) in [5, 5.41) is 5.15. The highest BCUT2D eigenvalue weighted by Crippen LogP contribution is 2.31. The van der Waals surface area contributed by atoms with Crippen molar-refractivity contribution in [1.29, 1.82) is 0 Å². The monoisotopic (exact) mass is 436 g/mol. The first kappa shape index (κ1) is 21.7. The van der Waals surface area contributed by atoms with E-state index in [4.69, 9.17) is 16.3 Å². The first-order valence-electron chi connectivity index (χ1n) is 11.1. The fourth-order valence-electron chi connectivity index (χ4n) is 4.43. The van der Waals surface area contributed by atoms with Gasteiger partial charge in [-0.05, 0) is 61.4 Å². The van der Waals surface area contributed by atoms with Crippen LogP contribution in [0.3, 0.4) is 0 Å². The van der Waals surface area contributed by atoms with Crippen LogP contribution < -0.4 is 5.32 Å². The molecular weight excluding hydrogens is 408 g/mol. The third kappa shape index (κ3) is 5.03. The zero-order chi connectivity index (χ0) is 21.6. The number of aryl methyl sites for hydroxylation is 1. The highest BCUT2D eigenvalue weighted by Gasteiger charge is 2.18. The summed E-state index contributed by atoms with van der Waals surface area (Å²) in [6.45, 7) is 3.11. The predicted molar refractivity (Wildman–Crippen MR) is 128 cm³/mol. The summed E-state index contributed by atoms with van der Waals surface area (Å²) < 4.78 is 5.24. The number of ether oxygens (including phenoxy) is 1. The summed E-state index contributed by atoms with van der Waals surface area (Å²) in [4.78, 5) is 15.7. The van der Waals surface area contributed by atoms with Crippen molar-refractivity contribution in [2.75, 3.05) is 13.2 Å². The lowest BCUT2D eigenvalue weighted by Gasteiger charge is -2.24. The number of benzene rings is 2. The zero-order valence-corrected chi connectivity index (χ0v) is 18.7. The maximum Gasteiger partial charge on any atom is 0.338 e. The van der Waals surface area contributed by atoms with Gasteiger partial charge in [0.05, 0.1) is 22.7 Å². The van der Waals surface area contributed by atoms with Gasteiger partial charge in [-0.1, -0.05) is 54.4 Å². The second-order valence-corrected chi connectivity index (χ2v) is 8.44. The van der Waals surface area contributed by atoms with E-state index in [1.165, 1.54) is 11.1 Å². The van der Waals surface area contributed by atoms with Gasteiger partial charge in [-0.25, -0.2) is 4.79 Å². The number of H-pyrrole nitrogens is 1. The molecule has 2 N–H and O–H groups in total. The lowest BCUT2D eigenvalue weighted by atomic mass is 9.92. The molecule has 1 aliphatic rings. The van der Waals surface area contributed by atoms with Crippen LogP contribution in [0.2, 0.25) is 5.02 Å². The van der Waals surface area contributed by atoms with Gasteiger partial charge in [0.1, 0.15) is 0 Å². The van der Waals surface area contributed by atoms with Gasteiger partial charge in [0.2, 0.25) is 0 Å². The molecule has 4 rings (SSSR count). The minimum absolute atomic E-state index is 0.295. The number of nitrogens with one attached hydrogen (secondary N) is 2. The molecule has 5 heteroatoms. The van der Waals surface area contributed by atoms with E-state index >= 15 is 0 Å². The average molecular weight is 437 g/mol. The minimum atomic E-state index is -0.295. The maximum absolute atomic E-state index is 12.4. The molecule has 1 aromatic heterocycles. The van der Waals surface area contributed by atoms with Crippen LogP contribution in [0.15, 0.2) is 54.7 Å². The van der Waals surface area contributed by atoms with Crippen LogP contribution in [0.4, 0.5) is 0 Å². The molecule has 0 fully saturated rings. The average Bonchev–Trinajstić information content (AvgIpc) is 3.23. The molecule has 0 radical (unpaired) electrons. The fraction of sp³-hybridized carbons (Fsp3) is 0.346. The molecule has 0 saturated carbocycles. The summed E-state index contributed by atoms with van der Waals surface area (Å²) in [7, 11) is 0. The van der Waals surface area contributed by atoms with Gasteiger partial charge in [-0.15, -0.1) is 0 Å². The predicted octanol–water partition coefficient (Wildman–Crippen LogP) is 6.16. The van der Waals surface area contributed by atoms with E-state index in [1.54, 1.807) is 12.1 Å². The number of rotatable bonds is 8. The van der Waals surface area contributed by atoms with Crippen molar-refractivity contribution >= 4 is 34.0 Å². The van der Waals surface area contributed by atoms with Crippen molar-refractivity contribution in [3.63, 3.8) is 0 Å². The lowest BCUT2D eigenvalue weighted by molar-refractivity contribution is 0.0528. The fourth-order valence-corrected chi connectivity index (χ4v) is 4.64. The van der Waals surface area contributed by atoms with Crippen LogP contribution in [0, 0.1) is 0 Å². The molecule has 162 valence electrons. The van der Waals surface area contributed by atoms with Gasteiger partial charge in [0, 0.05) is 24.2 Å². The quantitative estimate of drug-likeness (QED) is 0.328. The number of aromatic amines is 1. The Balaban J connectivity index is 1.36. The number of carbonyl (C=O) groups is 1. The third-order valence-electron chi connectivity index (χ3n) is 5.98. The van der Waals surface area contributed by atoms with E-state index in [9.17, 15) is 4.79 Å². The third-order valence-corrected chi connectivity index (χ3v) is 6.29. The Hall–Kier alpha value is -2.56. The van der Waals surface area contributed by atoms with Crippen LogP contribution in [0.25, 0.3) is 16.5 Å². The number of unbranched alkanes of at least 4 members (excludes halogenated alkanes) is 1. The molecule has 1 aliphatic heterocycles. The molecule has 1 atom stereocenters. The maximum atomic E-state index is 12.4. The Morgan fingerprint density at radius 1 is 1.16 bits per heavy atom. The topological polar surface area (TPSA) is 54.1 Å². The smallest absolute Gasteiger partial charge is 0.338 e. The van der Waals surface area contributed by atoms with Crippen LogP contribution in [0.5, 0.6) is 0 Å². The lowest BCUT2D eigenvalue weighted by Crippen LogP contribution is -2.32. The molecule has 3 aromatic rings. The Kier molecular flexibility index (Phi) is 7.10. The first-order chi connectivity index (χ1) is 15.2. The Morgan fingerprint density at radius 3 is 2.81 bits per heavy atom. The summed E-state index contributed by atoms with van der Waals surface area (Å²) in [5.74, 6) is -0.295. The van der Waals surface area contributed by atoms with Gasteiger partial charge in [-0.3, -0.25) is 0 Å². The highest BCUT2D eigenvalue weighted by atomic mass is 35.5. The first-order valence-corrected chi connectivity index (χ1v) is 11.5. The van der Waals surface area contributed by atoms with E-state index in [-0.39, 0.29) is 5.97 Å². The number of carbonyl (C=O) groups excluding carboxylic acids is 1. The zero-order valence-electron chi connectivity index (χ0n) is 17.9. The van der Waals surface area contributed by atoms with Crippen LogP contribution >= 0.6 is 11.6 Å². The van der Waals surface area contributed by atoms with Crippen molar-refractivity contribution in [2.24, 2.45) is 0 Å². The van der Waals surface area contributed by atoms with Crippen molar-refractivity contribution in [1.82, 2.24) is 10.3 Å². The van der Waals surface area contributed by atoms with Gasteiger partial charge in [0.15, 0.2) is 0 Å². The summed E-state index contributed by atoms with van der Waals surface area (Å²) >= 11 is 6.35. The largest absolute Gasteiger partial charge is 0.462 e. The van der Waals surface area contributed by atoms with Gasteiger partial charge in [-0.2, -0.15) is 0 Å². The van der Waals surface area contributed by atoms with E-state index in [2.05, 4.69) is 46.7 Å². The van der Waals surface area contributed by atoms with Crippen molar-refractivity contribution in [3.05, 3.63) is 76.5 Å². The molecule has 1 unspecified atom stereocenters. The molecule has 31 heavy (non-hydrogen) atoms. The minimum Gasteiger partial charge on any atom is -0.462 e. The Bertz CT molecular complexity index is 1070. The second kappa shape index (κ2) is 10.2. The Labute approximate surface area is 188 Å².